The van der Waals surface area contributed by atoms with Crippen LogP contribution in [0.25, 0.3) is 10.9 Å². The number of aromatic nitrogens is 1. The third-order valence-electron chi connectivity index (χ3n) is 3.48. The Balaban J connectivity index is 2.11. The number of carbonyl (C=O) groups is 1. The van der Waals surface area contributed by atoms with E-state index in [1.165, 1.54) is 18.2 Å². The SMILES string of the molecule is O=C(O)Oc1cc2cc([N+](=O)[O-])ccc2n1Cc1cccc(Cl)c1. The minimum absolute atomic E-state index is 0.0794. The summed E-state index contributed by atoms with van der Waals surface area (Å²) in [5.41, 5.74) is 1.38. The number of benzene rings is 2. The van der Waals surface area contributed by atoms with Gasteiger partial charge in [-0.05, 0) is 23.8 Å². The number of hydrogen-bond acceptors (Lipinski definition) is 4. The van der Waals surface area contributed by atoms with E-state index in [1.807, 2.05) is 6.07 Å². The molecule has 0 aliphatic carbocycles. The molecule has 0 amide bonds. The van der Waals surface area contributed by atoms with Gasteiger partial charge >= 0.3 is 6.16 Å². The van der Waals surface area contributed by atoms with Gasteiger partial charge in [-0.3, -0.25) is 10.1 Å². The van der Waals surface area contributed by atoms with E-state index < -0.39 is 11.1 Å². The molecule has 1 N–H and O–H groups in total. The average molecular weight is 347 g/mol. The van der Waals surface area contributed by atoms with E-state index in [0.29, 0.717) is 22.5 Å². The van der Waals surface area contributed by atoms with Crippen molar-refractivity contribution in [2.45, 2.75) is 6.54 Å². The maximum Gasteiger partial charge on any atom is 0.512 e. The Hall–Kier alpha value is -3.06. The normalized spacial score (nSPS) is 10.7. The van der Waals surface area contributed by atoms with Gasteiger partial charge in [-0.25, -0.2) is 4.79 Å². The van der Waals surface area contributed by atoms with Crippen LogP contribution in [0.3, 0.4) is 0 Å². The summed E-state index contributed by atoms with van der Waals surface area (Å²) >= 11 is 5.97. The molecule has 0 radical (unpaired) electrons. The number of hydrogen-bond donors (Lipinski definition) is 1. The first-order valence-electron chi connectivity index (χ1n) is 6.87. The summed E-state index contributed by atoms with van der Waals surface area (Å²) in [6.45, 7) is 0.310. The Morgan fingerprint density at radius 2 is 2.04 bits per heavy atom. The summed E-state index contributed by atoms with van der Waals surface area (Å²) in [7, 11) is 0. The lowest BCUT2D eigenvalue weighted by Gasteiger charge is -2.10. The zero-order valence-corrected chi connectivity index (χ0v) is 12.9. The average Bonchev–Trinajstić information content (AvgIpc) is 2.83. The zero-order chi connectivity index (χ0) is 17.3. The summed E-state index contributed by atoms with van der Waals surface area (Å²) in [5.74, 6) is 0.0815. The van der Waals surface area contributed by atoms with Crippen LogP contribution in [0.4, 0.5) is 10.5 Å². The molecule has 122 valence electrons. The molecular formula is C16H11ClN2O5. The van der Waals surface area contributed by atoms with E-state index in [-0.39, 0.29) is 11.6 Å². The van der Waals surface area contributed by atoms with Crippen LogP contribution >= 0.6 is 11.6 Å². The van der Waals surface area contributed by atoms with Crippen LogP contribution in [0.2, 0.25) is 5.02 Å². The molecule has 0 unspecified atom stereocenters. The Bertz CT molecular complexity index is 951. The maximum atomic E-state index is 10.9. The van der Waals surface area contributed by atoms with Gasteiger partial charge in [0, 0.05) is 28.6 Å². The summed E-state index contributed by atoms with van der Waals surface area (Å²) in [5, 5.41) is 20.9. The molecule has 3 rings (SSSR count). The van der Waals surface area contributed by atoms with Gasteiger partial charge < -0.3 is 14.4 Å². The van der Waals surface area contributed by atoms with Crippen molar-refractivity contribution in [3.8, 4) is 5.88 Å². The van der Waals surface area contributed by atoms with E-state index in [9.17, 15) is 14.9 Å². The zero-order valence-electron chi connectivity index (χ0n) is 12.2. The van der Waals surface area contributed by atoms with Crippen LogP contribution in [0.1, 0.15) is 5.56 Å². The predicted octanol–water partition coefficient (Wildman–Crippen LogP) is 4.31. The quantitative estimate of drug-likeness (QED) is 0.431. The van der Waals surface area contributed by atoms with Crippen molar-refractivity contribution in [3.05, 3.63) is 69.2 Å². The van der Waals surface area contributed by atoms with Gasteiger partial charge in [0.25, 0.3) is 5.69 Å². The highest BCUT2D eigenvalue weighted by molar-refractivity contribution is 6.30. The van der Waals surface area contributed by atoms with Crippen molar-refractivity contribution < 1.29 is 19.6 Å². The Kier molecular flexibility index (Phi) is 4.09. The second kappa shape index (κ2) is 6.21. The largest absolute Gasteiger partial charge is 0.512 e. The molecule has 3 aromatic rings. The molecule has 1 aromatic heterocycles. The molecule has 0 saturated heterocycles. The number of carboxylic acid groups (broad SMARTS) is 1. The Labute approximate surface area is 140 Å². The fourth-order valence-corrected chi connectivity index (χ4v) is 2.71. The Morgan fingerprint density at radius 1 is 1.25 bits per heavy atom. The first-order valence-corrected chi connectivity index (χ1v) is 7.25. The molecule has 1 heterocycles. The highest BCUT2D eigenvalue weighted by Gasteiger charge is 2.16. The van der Waals surface area contributed by atoms with E-state index in [0.717, 1.165) is 5.56 Å². The van der Waals surface area contributed by atoms with Crippen molar-refractivity contribution in [3.63, 3.8) is 0 Å². The van der Waals surface area contributed by atoms with Crippen molar-refractivity contribution in [2.75, 3.05) is 0 Å². The molecule has 0 aliphatic rings. The fourth-order valence-electron chi connectivity index (χ4n) is 2.50. The number of nitro benzene ring substituents is 1. The molecule has 0 atom stereocenters. The number of halogens is 1. The first-order chi connectivity index (χ1) is 11.4. The lowest BCUT2D eigenvalue weighted by Crippen LogP contribution is -2.09. The number of fused-ring (bicyclic) bond motifs is 1. The van der Waals surface area contributed by atoms with Crippen LogP contribution in [-0.4, -0.2) is 20.8 Å². The summed E-state index contributed by atoms with van der Waals surface area (Å²) in [6.07, 6.45) is -1.46. The lowest BCUT2D eigenvalue weighted by molar-refractivity contribution is -0.384. The van der Waals surface area contributed by atoms with Crippen molar-refractivity contribution in [2.24, 2.45) is 0 Å². The Morgan fingerprint density at radius 3 is 2.71 bits per heavy atom. The molecular weight excluding hydrogens is 336 g/mol. The van der Waals surface area contributed by atoms with Crippen LogP contribution in [0, 0.1) is 10.1 Å². The summed E-state index contributed by atoms with van der Waals surface area (Å²) in [6, 6.07) is 12.9. The van der Waals surface area contributed by atoms with Crippen LogP contribution in [-0.2, 0) is 6.54 Å². The third kappa shape index (κ3) is 3.16. The minimum atomic E-state index is -1.46. The maximum absolute atomic E-state index is 10.9. The van der Waals surface area contributed by atoms with Crippen LogP contribution < -0.4 is 4.74 Å². The van der Waals surface area contributed by atoms with Gasteiger partial charge in [0.2, 0.25) is 5.88 Å². The van der Waals surface area contributed by atoms with E-state index in [2.05, 4.69) is 0 Å². The molecule has 2 aromatic carbocycles. The van der Waals surface area contributed by atoms with Gasteiger partial charge in [-0.2, -0.15) is 0 Å². The van der Waals surface area contributed by atoms with Crippen LogP contribution in [0.5, 0.6) is 5.88 Å². The molecule has 0 aliphatic heterocycles. The highest BCUT2D eigenvalue weighted by Crippen LogP contribution is 2.30. The molecule has 0 bridgehead atoms. The molecule has 7 nitrogen and oxygen atoms in total. The van der Waals surface area contributed by atoms with Crippen molar-refractivity contribution in [1.29, 1.82) is 0 Å². The van der Waals surface area contributed by atoms with Gasteiger partial charge in [0.15, 0.2) is 0 Å². The van der Waals surface area contributed by atoms with E-state index in [1.54, 1.807) is 28.8 Å². The number of rotatable bonds is 4. The topological polar surface area (TPSA) is 94.6 Å². The number of non-ortho nitro benzene ring substituents is 1. The second-order valence-electron chi connectivity index (χ2n) is 5.07. The van der Waals surface area contributed by atoms with E-state index in [4.69, 9.17) is 21.4 Å². The summed E-state index contributed by atoms with van der Waals surface area (Å²) < 4.78 is 6.43. The first kappa shape index (κ1) is 15.8. The number of nitrogens with zero attached hydrogens (tertiary/aromatic N) is 2. The third-order valence-corrected chi connectivity index (χ3v) is 3.71. The minimum Gasteiger partial charge on any atom is -0.449 e. The van der Waals surface area contributed by atoms with Gasteiger partial charge in [0.1, 0.15) is 0 Å². The van der Waals surface area contributed by atoms with Crippen molar-refractivity contribution >= 4 is 34.3 Å². The van der Waals surface area contributed by atoms with Crippen molar-refractivity contribution in [1.82, 2.24) is 4.57 Å². The smallest absolute Gasteiger partial charge is 0.449 e. The predicted molar refractivity (Wildman–Crippen MR) is 87.8 cm³/mol. The highest BCUT2D eigenvalue weighted by atomic mass is 35.5. The van der Waals surface area contributed by atoms with Gasteiger partial charge in [-0.15, -0.1) is 0 Å². The molecule has 8 heteroatoms. The fraction of sp³-hybridized carbons (Fsp3) is 0.0625. The lowest BCUT2D eigenvalue weighted by atomic mass is 10.2. The van der Waals surface area contributed by atoms with Gasteiger partial charge in [-0.1, -0.05) is 23.7 Å². The standard InChI is InChI=1S/C16H11ClN2O5/c17-12-3-1-2-10(6-12)9-18-14-5-4-13(19(22)23)7-11(14)8-15(18)24-16(20)21/h1-8H,9H2,(H,20,21). The molecule has 0 fully saturated rings. The molecule has 0 saturated carbocycles. The van der Waals surface area contributed by atoms with E-state index >= 15 is 0 Å². The van der Waals surface area contributed by atoms with Gasteiger partial charge in [0.05, 0.1) is 17.0 Å². The monoisotopic (exact) mass is 346 g/mol. The second-order valence-corrected chi connectivity index (χ2v) is 5.50. The molecule has 24 heavy (non-hydrogen) atoms. The number of nitro groups is 1. The van der Waals surface area contributed by atoms with Crippen LogP contribution in [0.15, 0.2) is 48.5 Å². The number of ether oxygens (including phenoxy) is 1. The summed E-state index contributed by atoms with van der Waals surface area (Å²) in [4.78, 5) is 21.3. The molecule has 0 spiro atoms.